The molecule has 0 aromatic heterocycles. The van der Waals surface area contributed by atoms with Crippen LogP contribution in [-0.4, -0.2) is 18.3 Å². The van der Waals surface area contributed by atoms with E-state index in [1.165, 1.54) is 0 Å². The molecule has 0 aromatic rings. The quantitative estimate of drug-likeness (QED) is 0.401. The van der Waals surface area contributed by atoms with Crippen LogP contribution in [0.15, 0.2) is 0 Å². The zero-order chi connectivity index (χ0) is 4.50. The molecule has 1 N–H and O–H groups in total. The molecule has 0 amide bonds. The van der Waals surface area contributed by atoms with E-state index in [1.807, 2.05) is 0 Å². The van der Waals surface area contributed by atoms with Gasteiger partial charge in [-0.25, -0.2) is 0 Å². The van der Waals surface area contributed by atoms with Crippen LogP contribution in [-0.2, 0) is 3.74 Å². The smallest absolute Gasteiger partial charge is 0.147 e. The molecule has 0 aromatic carbocycles. The fourth-order valence-electron chi connectivity index (χ4n) is 0. The molecule has 0 bridgehead atoms. The Balaban J connectivity index is -0.0000000800. The monoisotopic (exact) mass is 198 g/mol. The van der Waals surface area contributed by atoms with E-state index in [0.29, 0.717) is 0 Å². The molecule has 0 fully saturated rings. The molecule has 0 saturated heterocycles. The van der Waals surface area contributed by atoms with Gasteiger partial charge in [0.1, 0.15) is 0 Å². The molecule has 40 valence electrons. The Kier molecular flexibility index (Phi) is 12.9. The SMILES string of the molecule is C[As](=O)([O-])O.Cl.[Na+]. The van der Waals surface area contributed by atoms with Crippen molar-refractivity contribution in [3.63, 3.8) is 0 Å². The number of halogens is 1. The molecular formula is CH5AsClNaO3. The maximum absolute atomic E-state index is 9.28. The second kappa shape index (κ2) is 5.70. The second-order valence-corrected chi connectivity index (χ2v) is 4.17. The number of rotatable bonds is 0. The molecule has 0 aliphatic carbocycles. The van der Waals surface area contributed by atoms with Crippen molar-refractivity contribution in [2.75, 3.05) is 0 Å². The summed E-state index contributed by atoms with van der Waals surface area (Å²) in [6.45, 7) is 0. The minimum Gasteiger partial charge on any atom is -0.147 e. The van der Waals surface area contributed by atoms with Gasteiger partial charge in [-0.15, -0.1) is 12.4 Å². The predicted octanol–water partition coefficient (Wildman–Crippen LogP) is -4.24. The van der Waals surface area contributed by atoms with Gasteiger partial charge >= 0.3 is 61.4 Å². The van der Waals surface area contributed by atoms with E-state index in [2.05, 4.69) is 0 Å². The normalized spacial score (nSPS) is 15.3. The largest absolute Gasteiger partial charge is 1.00 e. The van der Waals surface area contributed by atoms with E-state index in [1.54, 1.807) is 0 Å². The summed E-state index contributed by atoms with van der Waals surface area (Å²) in [6.07, 6.45) is 0. The minimum absolute atomic E-state index is 0. The van der Waals surface area contributed by atoms with Crippen molar-refractivity contribution < 1.29 is 41.5 Å². The molecule has 0 rings (SSSR count). The molecule has 1 unspecified atom stereocenters. The Hall–Kier alpha value is 1.57. The summed E-state index contributed by atoms with van der Waals surface area (Å²) in [6, 6.07) is 0. The molecule has 0 saturated carbocycles. The van der Waals surface area contributed by atoms with Crippen molar-refractivity contribution in [3.05, 3.63) is 0 Å². The zero-order valence-electron chi connectivity index (χ0n) is 4.12. The van der Waals surface area contributed by atoms with E-state index < -0.39 is 14.2 Å². The topological polar surface area (TPSA) is 60.4 Å². The van der Waals surface area contributed by atoms with E-state index in [9.17, 15) is 7.84 Å². The van der Waals surface area contributed by atoms with Crippen LogP contribution in [0.25, 0.3) is 0 Å². The minimum atomic E-state index is -4.38. The first-order valence-corrected chi connectivity index (χ1v) is 5.26. The second-order valence-electron chi connectivity index (χ2n) is 0.803. The van der Waals surface area contributed by atoms with Crippen LogP contribution in [0.4, 0.5) is 0 Å². The van der Waals surface area contributed by atoms with Gasteiger partial charge in [0, 0.05) is 0 Å². The summed E-state index contributed by atoms with van der Waals surface area (Å²) in [5, 5.41) is 0. The number of hydrogen-bond donors (Lipinski definition) is 1. The van der Waals surface area contributed by atoms with Crippen LogP contribution in [0.3, 0.4) is 0 Å². The van der Waals surface area contributed by atoms with Crippen LogP contribution in [0.5, 0.6) is 0 Å². The standard InChI is InChI=1S/CH5AsO3.ClH.Na/c1-2(3,4)5;;/h1H3,(H2,3,4,5);1H;/q;;+1/p-1. The van der Waals surface area contributed by atoms with Gasteiger partial charge in [-0.1, -0.05) is 0 Å². The fourth-order valence-corrected chi connectivity index (χ4v) is 0. The van der Waals surface area contributed by atoms with Gasteiger partial charge in [0.25, 0.3) is 0 Å². The third kappa shape index (κ3) is 95.4. The predicted molar refractivity (Wildman–Crippen MR) is 21.8 cm³/mol. The van der Waals surface area contributed by atoms with E-state index in [4.69, 9.17) is 4.10 Å². The van der Waals surface area contributed by atoms with Gasteiger partial charge in [-0.05, 0) is 0 Å². The zero-order valence-corrected chi connectivity index (χ0v) is 8.81. The molecule has 0 heterocycles. The van der Waals surface area contributed by atoms with E-state index >= 15 is 0 Å². The van der Waals surface area contributed by atoms with Crippen LogP contribution < -0.4 is 33.7 Å². The van der Waals surface area contributed by atoms with Crippen LogP contribution in [0, 0.1) is 0 Å². The Morgan fingerprint density at radius 1 is 1.71 bits per heavy atom. The fraction of sp³-hybridized carbons (Fsp3) is 1.00. The summed E-state index contributed by atoms with van der Waals surface area (Å²) in [5.74, 6) is 0. The van der Waals surface area contributed by atoms with Gasteiger partial charge in [0.15, 0.2) is 0 Å². The van der Waals surface area contributed by atoms with Crippen LogP contribution in [0.1, 0.15) is 0 Å². The molecule has 1 atom stereocenters. The maximum atomic E-state index is 9.28. The molecular weight excluding hydrogens is 193 g/mol. The van der Waals surface area contributed by atoms with Gasteiger partial charge < -0.3 is 0 Å². The maximum Gasteiger partial charge on any atom is 1.00 e. The van der Waals surface area contributed by atoms with Gasteiger partial charge in [0.05, 0.1) is 0 Å². The van der Waals surface area contributed by atoms with Crippen LogP contribution >= 0.6 is 12.4 Å². The average molecular weight is 198 g/mol. The summed E-state index contributed by atoms with van der Waals surface area (Å²) in [5.41, 5.74) is 0.804. The molecule has 6 heteroatoms. The van der Waals surface area contributed by atoms with Crippen molar-refractivity contribution in [1.29, 1.82) is 0 Å². The summed E-state index contributed by atoms with van der Waals surface area (Å²) < 4.78 is 26.1. The first-order valence-electron chi connectivity index (χ1n) is 1.01. The van der Waals surface area contributed by atoms with Crippen LogP contribution in [0.2, 0.25) is 5.71 Å². The van der Waals surface area contributed by atoms with Crippen molar-refractivity contribution in [2.45, 2.75) is 5.71 Å². The van der Waals surface area contributed by atoms with E-state index in [0.717, 1.165) is 5.71 Å². The van der Waals surface area contributed by atoms with Gasteiger partial charge in [0.2, 0.25) is 0 Å². The molecule has 0 radical (unpaired) electrons. The summed E-state index contributed by atoms with van der Waals surface area (Å²) >= 11 is -4.38. The third-order valence-corrected chi connectivity index (χ3v) is 0. The molecule has 7 heavy (non-hydrogen) atoms. The summed E-state index contributed by atoms with van der Waals surface area (Å²) in [7, 11) is 0. The summed E-state index contributed by atoms with van der Waals surface area (Å²) in [4.78, 5) is 0. The molecule has 0 aliphatic heterocycles. The molecule has 0 spiro atoms. The Morgan fingerprint density at radius 2 is 1.71 bits per heavy atom. The first-order chi connectivity index (χ1) is 2.00. The Labute approximate surface area is 73.2 Å². The third-order valence-electron chi connectivity index (χ3n) is 0. The van der Waals surface area contributed by atoms with Crippen molar-refractivity contribution in [3.8, 4) is 0 Å². The average Bonchev–Trinajstić information content (AvgIpc) is 0.722. The Bertz CT molecular complexity index is 61.1. The van der Waals surface area contributed by atoms with Gasteiger partial charge in [-0.2, -0.15) is 0 Å². The first kappa shape index (κ1) is 15.8. The van der Waals surface area contributed by atoms with Gasteiger partial charge in [-0.3, -0.25) is 0 Å². The number of hydrogen-bond acceptors (Lipinski definition) is 2. The van der Waals surface area contributed by atoms with Crippen molar-refractivity contribution in [1.82, 2.24) is 0 Å². The Morgan fingerprint density at radius 3 is 1.71 bits per heavy atom. The van der Waals surface area contributed by atoms with Crippen molar-refractivity contribution >= 4 is 26.6 Å². The molecule has 0 aliphatic rings. The van der Waals surface area contributed by atoms with Crippen molar-refractivity contribution in [2.24, 2.45) is 0 Å². The molecule has 3 nitrogen and oxygen atoms in total. The van der Waals surface area contributed by atoms with E-state index in [-0.39, 0.29) is 42.0 Å².